The normalized spacial score (nSPS) is 11.5. The molecule has 0 radical (unpaired) electrons. The third-order valence-electron chi connectivity index (χ3n) is 4.07. The number of hydrogen-bond donors (Lipinski definition) is 3. The van der Waals surface area contributed by atoms with Crippen LogP contribution in [0.4, 0.5) is 0 Å². The summed E-state index contributed by atoms with van der Waals surface area (Å²) in [7, 11) is 0. The SMILES string of the molecule is CC(=O)NCCN(C(=O)c1ccc(C(=O)c2cc[nH]c2)cc1)C(C)C(=O)O. The Morgan fingerprint density at radius 2 is 1.70 bits per heavy atom. The van der Waals surface area contributed by atoms with Crippen molar-refractivity contribution in [2.24, 2.45) is 0 Å². The summed E-state index contributed by atoms with van der Waals surface area (Å²) in [6.07, 6.45) is 3.23. The summed E-state index contributed by atoms with van der Waals surface area (Å²) in [6.45, 7) is 2.93. The van der Waals surface area contributed by atoms with Crippen molar-refractivity contribution in [1.82, 2.24) is 15.2 Å². The predicted molar refractivity (Wildman–Crippen MR) is 97.5 cm³/mol. The van der Waals surface area contributed by atoms with Gasteiger partial charge in [-0.05, 0) is 25.1 Å². The van der Waals surface area contributed by atoms with Gasteiger partial charge in [-0.1, -0.05) is 12.1 Å². The second-order valence-electron chi connectivity index (χ2n) is 6.00. The monoisotopic (exact) mass is 371 g/mol. The lowest BCUT2D eigenvalue weighted by Crippen LogP contribution is -2.46. The van der Waals surface area contributed by atoms with Crippen molar-refractivity contribution in [2.45, 2.75) is 19.9 Å². The second kappa shape index (κ2) is 8.79. The molecule has 0 saturated carbocycles. The summed E-state index contributed by atoms with van der Waals surface area (Å²) >= 11 is 0. The zero-order chi connectivity index (χ0) is 20.0. The van der Waals surface area contributed by atoms with E-state index in [1.54, 1.807) is 18.5 Å². The molecule has 0 spiro atoms. The van der Waals surface area contributed by atoms with Crippen LogP contribution in [0.2, 0.25) is 0 Å². The van der Waals surface area contributed by atoms with Crippen LogP contribution in [-0.2, 0) is 9.59 Å². The van der Waals surface area contributed by atoms with Gasteiger partial charge in [0.1, 0.15) is 6.04 Å². The summed E-state index contributed by atoms with van der Waals surface area (Å²) in [6, 6.07) is 6.62. The maximum absolute atomic E-state index is 12.7. The van der Waals surface area contributed by atoms with Crippen LogP contribution in [-0.4, -0.2) is 57.7 Å². The van der Waals surface area contributed by atoms with Gasteiger partial charge in [0.25, 0.3) is 5.91 Å². The fourth-order valence-corrected chi connectivity index (χ4v) is 2.52. The van der Waals surface area contributed by atoms with E-state index in [0.717, 1.165) is 0 Å². The molecule has 1 aromatic carbocycles. The third kappa shape index (κ3) is 5.04. The number of aliphatic carboxylic acids is 1. The van der Waals surface area contributed by atoms with Gasteiger partial charge in [-0.15, -0.1) is 0 Å². The number of amides is 2. The van der Waals surface area contributed by atoms with E-state index in [1.807, 2.05) is 0 Å². The number of aromatic amines is 1. The number of carboxylic acid groups (broad SMARTS) is 1. The number of nitrogens with zero attached hydrogens (tertiary/aromatic N) is 1. The molecule has 142 valence electrons. The number of aromatic nitrogens is 1. The number of H-pyrrole nitrogens is 1. The van der Waals surface area contributed by atoms with E-state index in [-0.39, 0.29) is 30.3 Å². The summed E-state index contributed by atoms with van der Waals surface area (Å²) in [5, 5.41) is 11.8. The second-order valence-corrected chi connectivity index (χ2v) is 6.00. The van der Waals surface area contributed by atoms with Crippen LogP contribution < -0.4 is 5.32 Å². The first kappa shape index (κ1) is 19.9. The Balaban J connectivity index is 2.17. The van der Waals surface area contributed by atoms with E-state index in [9.17, 15) is 24.3 Å². The lowest BCUT2D eigenvalue weighted by atomic mass is 10.0. The number of nitrogens with one attached hydrogen (secondary N) is 2. The first-order chi connectivity index (χ1) is 12.8. The van der Waals surface area contributed by atoms with Crippen molar-refractivity contribution in [2.75, 3.05) is 13.1 Å². The smallest absolute Gasteiger partial charge is 0.326 e. The van der Waals surface area contributed by atoms with Crippen LogP contribution in [0, 0.1) is 0 Å². The molecule has 0 saturated heterocycles. The molecule has 8 nitrogen and oxygen atoms in total. The quantitative estimate of drug-likeness (QED) is 0.604. The Hall–Kier alpha value is -3.42. The number of hydrogen-bond acceptors (Lipinski definition) is 4. The molecule has 2 aromatic rings. The highest BCUT2D eigenvalue weighted by atomic mass is 16.4. The lowest BCUT2D eigenvalue weighted by Gasteiger charge is -2.26. The molecular weight excluding hydrogens is 350 g/mol. The van der Waals surface area contributed by atoms with Crippen LogP contribution in [0.1, 0.15) is 40.1 Å². The predicted octanol–water partition coefficient (Wildman–Crippen LogP) is 1.30. The van der Waals surface area contributed by atoms with Gasteiger partial charge >= 0.3 is 5.97 Å². The van der Waals surface area contributed by atoms with Crippen molar-refractivity contribution in [3.63, 3.8) is 0 Å². The van der Waals surface area contributed by atoms with Gasteiger partial charge in [-0.25, -0.2) is 4.79 Å². The van der Waals surface area contributed by atoms with Crippen LogP contribution in [0.5, 0.6) is 0 Å². The number of rotatable bonds is 8. The van der Waals surface area contributed by atoms with Crippen LogP contribution >= 0.6 is 0 Å². The number of benzene rings is 1. The highest BCUT2D eigenvalue weighted by Gasteiger charge is 2.26. The first-order valence-electron chi connectivity index (χ1n) is 8.37. The van der Waals surface area contributed by atoms with E-state index in [4.69, 9.17) is 0 Å². The van der Waals surface area contributed by atoms with E-state index in [2.05, 4.69) is 10.3 Å². The molecule has 1 aromatic heterocycles. The van der Waals surface area contributed by atoms with Crippen molar-refractivity contribution >= 4 is 23.6 Å². The van der Waals surface area contributed by atoms with Gasteiger partial charge in [0, 0.05) is 49.1 Å². The molecular formula is C19H21N3O5. The van der Waals surface area contributed by atoms with E-state index in [1.165, 1.54) is 43.0 Å². The fraction of sp³-hybridized carbons (Fsp3) is 0.263. The molecule has 8 heteroatoms. The Morgan fingerprint density at radius 3 is 2.22 bits per heavy atom. The summed E-state index contributed by atoms with van der Waals surface area (Å²) in [5.41, 5.74) is 1.18. The van der Waals surface area contributed by atoms with Gasteiger partial charge in [0.15, 0.2) is 5.78 Å². The summed E-state index contributed by atoms with van der Waals surface area (Å²) < 4.78 is 0. The number of carbonyl (C=O) groups is 4. The highest BCUT2D eigenvalue weighted by molar-refractivity contribution is 6.09. The molecule has 2 rings (SSSR count). The molecule has 0 aliphatic carbocycles. The Morgan fingerprint density at radius 1 is 1.07 bits per heavy atom. The average molecular weight is 371 g/mol. The van der Waals surface area contributed by atoms with Crippen molar-refractivity contribution in [3.8, 4) is 0 Å². The first-order valence-corrected chi connectivity index (χ1v) is 8.37. The van der Waals surface area contributed by atoms with Crippen LogP contribution in [0.3, 0.4) is 0 Å². The minimum atomic E-state index is -1.15. The molecule has 1 heterocycles. The van der Waals surface area contributed by atoms with Crippen molar-refractivity contribution in [3.05, 3.63) is 59.4 Å². The number of carbonyl (C=O) groups excluding carboxylic acids is 3. The lowest BCUT2D eigenvalue weighted by molar-refractivity contribution is -0.141. The zero-order valence-corrected chi connectivity index (χ0v) is 15.1. The average Bonchev–Trinajstić information content (AvgIpc) is 3.18. The molecule has 0 aliphatic heterocycles. The molecule has 27 heavy (non-hydrogen) atoms. The molecule has 0 bridgehead atoms. The van der Waals surface area contributed by atoms with E-state index >= 15 is 0 Å². The Kier molecular flexibility index (Phi) is 6.48. The Labute approximate surface area is 156 Å². The molecule has 0 fully saturated rings. The van der Waals surface area contributed by atoms with Crippen molar-refractivity contribution < 1.29 is 24.3 Å². The minimum absolute atomic E-state index is 0.0515. The van der Waals surface area contributed by atoms with Crippen molar-refractivity contribution in [1.29, 1.82) is 0 Å². The van der Waals surface area contributed by atoms with Gasteiger partial charge in [0.2, 0.25) is 5.91 Å². The van der Waals surface area contributed by atoms with Crippen LogP contribution in [0.25, 0.3) is 0 Å². The summed E-state index contributed by atoms with van der Waals surface area (Å²) in [4.78, 5) is 51.3. The van der Waals surface area contributed by atoms with Gasteiger partial charge in [-0.3, -0.25) is 14.4 Å². The molecule has 0 aliphatic rings. The standard InChI is InChI=1S/C19H21N3O5/c1-12(19(26)27)22(10-9-21-13(2)23)18(25)15-5-3-14(4-6-15)17(24)16-7-8-20-11-16/h3-8,11-12,20H,9-10H2,1-2H3,(H,21,23)(H,26,27). The number of carboxylic acids is 1. The minimum Gasteiger partial charge on any atom is -0.480 e. The maximum Gasteiger partial charge on any atom is 0.326 e. The van der Waals surface area contributed by atoms with Crippen LogP contribution in [0.15, 0.2) is 42.7 Å². The third-order valence-corrected chi connectivity index (χ3v) is 4.07. The largest absolute Gasteiger partial charge is 0.480 e. The van der Waals surface area contributed by atoms with Gasteiger partial charge in [-0.2, -0.15) is 0 Å². The zero-order valence-electron chi connectivity index (χ0n) is 15.1. The highest BCUT2D eigenvalue weighted by Crippen LogP contribution is 2.14. The van der Waals surface area contributed by atoms with E-state index in [0.29, 0.717) is 11.1 Å². The fourth-order valence-electron chi connectivity index (χ4n) is 2.52. The molecule has 1 atom stereocenters. The van der Waals surface area contributed by atoms with Gasteiger partial charge in [0.05, 0.1) is 0 Å². The Bertz CT molecular complexity index is 828. The maximum atomic E-state index is 12.7. The molecule has 3 N–H and O–H groups in total. The summed E-state index contributed by atoms with van der Waals surface area (Å²) in [5.74, 6) is -2.09. The van der Waals surface area contributed by atoms with E-state index < -0.39 is 17.9 Å². The molecule has 2 amide bonds. The number of ketones is 1. The van der Waals surface area contributed by atoms with Gasteiger partial charge < -0.3 is 20.3 Å². The molecule has 1 unspecified atom stereocenters. The topological polar surface area (TPSA) is 120 Å².